The van der Waals surface area contributed by atoms with Gasteiger partial charge in [0.05, 0.1) is 0 Å². The third-order valence-corrected chi connectivity index (χ3v) is 4.49. The second-order valence-electron chi connectivity index (χ2n) is 8.20. The quantitative estimate of drug-likeness (QED) is 0.710. The fourth-order valence-electron chi connectivity index (χ4n) is 3.37. The average molecular weight is 327 g/mol. The van der Waals surface area contributed by atoms with E-state index in [-0.39, 0.29) is 12.1 Å². The summed E-state index contributed by atoms with van der Waals surface area (Å²) in [5.74, 6) is 0.753. The summed E-state index contributed by atoms with van der Waals surface area (Å²) in [4.78, 5) is 14.5. The molecular weight excluding hydrogens is 288 g/mol. The van der Waals surface area contributed by atoms with Crippen molar-refractivity contribution in [3.05, 3.63) is 0 Å². The van der Waals surface area contributed by atoms with Gasteiger partial charge in [-0.25, -0.2) is 4.79 Å². The van der Waals surface area contributed by atoms with Crippen molar-refractivity contribution in [2.24, 2.45) is 5.92 Å². The first-order valence-corrected chi connectivity index (χ1v) is 9.48. The predicted octanol–water partition coefficient (Wildman–Crippen LogP) is 4.58. The second kappa shape index (κ2) is 10.2. The van der Waals surface area contributed by atoms with Crippen LogP contribution in [0.5, 0.6) is 0 Å². The monoisotopic (exact) mass is 326 g/mol. The van der Waals surface area contributed by atoms with Gasteiger partial charge in [0.25, 0.3) is 0 Å². The Morgan fingerprint density at radius 1 is 1.26 bits per heavy atom. The number of alkyl carbamates (subject to hydrolysis) is 1. The van der Waals surface area contributed by atoms with Crippen molar-refractivity contribution >= 4 is 6.09 Å². The van der Waals surface area contributed by atoms with Gasteiger partial charge in [0, 0.05) is 12.6 Å². The summed E-state index contributed by atoms with van der Waals surface area (Å²) in [7, 11) is 2.15. The average Bonchev–Trinajstić information content (AvgIpc) is 2.44. The van der Waals surface area contributed by atoms with Crippen LogP contribution < -0.4 is 5.32 Å². The van der Waals surface area contributed by atoms with Gasteiger partial charge in [0.15, 0.2) is 0 Å². The number of likely N-dealkylation sites (N-methyl/N-ethyl adjacent to an activating group) is 1. The molecule has 0 saturated heterocycles. The number of hydrogen-bond acceptors (Lipinski definition) is 3. The highest BCUT2D eigenvalue weighted by molar-refractivity contribution is 5.68. The summed E-state index contributed by atoms with van der Waals surface area (Å²) in [6.07, 6.45) is 9.90. The molecule has 1 amide bonds. The molecule has 0 bridgehead atoms. The molecule has 1 saturated carbocycles. The molecule has 1 aliphatic rings. The van der Waals surface area contributed by atoms with Crippen molar-refractivity contribution in [3.8, 4) is 0 Å². The van der Waals surface area contributed by atoms with E-state index in [2.05, 4.69) is 24.2 Å². The Labute approximate surface area is 143 Å². The molecule has 1 rings (SSSR count). The number of nitrogens with zero attached hydrogens (tertiary/aromatic N) is 1. The van der Waals surface area contributed by atoms with Crippen LogP contribution in [-0.2, 0) is 4.74 Å². The molecular formula is C19H38N2O2. The predicted molar refractivity (Wildman–Crippen MR) is 96.8 cm³/mol. The van der Waals surface area contributed by atoms with Gasteiger partial charge in [-0.05, 0) is 53.1 Å². The molecule has 4 heteroatoms. The van der Waals surface area contributed by atoms with E-state index in [0.29, 0.717) is 0 Å². The van der Waals surface area contributed by atoms with Gasteiger partial charge in [0.2, 0.25) is 0 Å². The van der Waals surface area contributed by atoms with Crippen LogP contribution in [0.25, 0.3) is 0 Å². The highest BCUT2D eigenvalue weighted by atomic mass is 16.6. The van der Waals surface area contributed by atoms with E-state index in [4.69, 9.17) is 4.74 Å². The lowest BCUT2D eigenvalue weighted by atomic mass is 9.84. The molecule has 4 nitrogen and oxygen atoms in total. The van der Waals surface area contributed by atoms with E-state index in [9.17, 15) is 4.79 Å². The smallest absolute Gasteiger partial charge is 0.407 e. The molecule has 1 N–H and O–H groups in total. The SMILES string of the molecule is CCCCN(C)C[C@H](CC1CCCCC1)NC(=O)OC(C)(C)C. The van der Waals surface area contributed by atoms with Gasteiger partial charge in [-0.2, -0.15) is 0 Å². The number of nitrogens with one attached hydrogen (secondary N) is 1. The Hall–Kier alpha value is -0.770. The van der Waals surface area contributed by atoms with E-state index in [1.807, 2.05) is 20.8 Å². The fourth-order valence-corrected chi connectivity index (χ4v) is 3.37. The van der Waals surface area contributed by atoms with Gasteiger partial charge in [-0.1, -0.05) is 45.4 Å². The molecule has 0 aromatic heterocycles. The van der Waals surface area contributed by atoms with Crippen LogP contribution >= 0.6 is 0 Å². The number of hydrogen-bond donors (Lipinski definition) is 1. The fraction of sp³-hybridized carbons (Fsp3) is 0.947. The standard InChI is InChI=1S/C19H38N2O2/c1-6-7-13-21(5)15-17(14-16-11-9-8-10-12-16)20-18(22)23-19(2,3)4/h16-17H,6-15H2,1-5H3,(H,20,22)/t17-/m0/s1. The van der Waals surface area contributed by atoms with Crippen LogP contribution in [-0.4, -0.2) is 42.8 Å². The Kier molecular flexibility index (Phi) is 8.96. The van der Waals surface area contributed by atoms with Crippen LogP contribution in [0, 0.1) is 5.92 Å². The van der Waals surface area contributed by atoms with Crippen LogP contribution in [0.15, 0.2) is 0 Å². The Morgan fingerprint density at radius 2 is 1.91 bits per heavy atom. The van der Waals surface area contributed by atoms with Crippen LogP contribution in [0.2, 0.25) is 0 Å². The highest BCUT2D eigenvalue weighted by Crippen LogP contribution is 2.27. The van der Waals surface area contributed by atoms with Crippen molar-refractivity contribution in [1.29, 1.82) is 0 Å². The molecule has 1 aliphatic carbocycles. The largest absolute Gasteiger partial charge is 0.444 e. The molecule has 0 aromatic rings. The van der Waals surface area contributed by atoms with Crippen molar-refractivity contribution in [3.63, 3.8) is 0 Å². The molecule has 0 heterocycles. The van der Waals surface area contributed by atoms with E-state index < -0.39 is 5.60 Å². The van der Waals surface area contributed by atoms with Crippen LogP contribution in [0.1, 0.15) is 79.1 Å². The van der Waals surface area contributed by atoms with E-state index >= 15 is 0 Å². The lowest BCUT2D eigenvalue weighted by molar-refractivity contribution is 0.0483. The van der Waals surface area contributed by atoms with Gasteiger partial charge < -0.3 is 15.0 Å². The number of ether oxygens (including phenoxy) is 1. The van der Waals surface area contributed by atoms with E-state index in [0.717, 1.165) is 25.4 Å². The summed E-state index contributed by atoms with van der Waals surface area (Å²) in [6, 6.07) is 0.190. The van der Waals surface area contributed by atoms with Crippen LogP contribution in [0.3, 0.4) is 0 Å². The number of amides is 1. The molecule has 0 radical (unpaired) electrons. The molecule has 1 fully saturated rings. The highest BCUT2D eigenvalue weighted by Gasteiger charge is 2.24. The maximum atomic E-state index is 12.2. The summed E-state index contributed by atoms with van der Waals surface area (Å²) < 4.78 is 5.45. The molecule has 0 unspecified atom stereocenters. The Morgan fingerprint density at radius 3 is 2.48 bits per heavy atom. The molecule has 0 spiro atoms. The minimum absolute atomic E-state index is 0.190. The molecule has 0 aliphatic heterocycles. The molecule has 0 aromatic carbocycles. The molecule has 1 atom stereocenters. The summed E-state index contributed by atoms with van der Waals surface area (Å²) in [5.41, 5.74) is -0.437. The number of carbonyl (C=O) groups is 1. The van der Waals surface area contributed by atoms with Gasteiger partial charge in [-0.3, -0.25) is 0 Å². The van der Waals surface area contributed by atoms with E-state index in [1.165, 1.54) is 44.9 Å². The lowest BCUT2D eigenvalue weighted by Gasteiger charge is -2.31. The topological polar surface area (TPSA) is 41.6 Å². The van der Waals surface area contributed by atoms with Gasteiger partial charge in [-0.15, -0.1) is 0 Å². The normalized spacial score (nSPS) is 18.0. The third-order valence-electron chi connectivity index (χ3n) is 4.49. The first-order chi connectivity index (χ1) is 10.8. The number of unbranched alkanes of at least 4 members (excludes halogenated alkanes) is 1. The summed E-state index contributed by atoms with van der Waals surface area (Å²) >= 11 is 0. The van der Waals surface area contributed by atoms with Crippen molar-refractivity contribution in [1.82, 2.24) is 10.2 Å². The second-order valence-corrected chi connectivity index (χ2v) is 8.20. The third kappa shape index (κ3) is 9.85. The number of rotatable bonds is 8. The maximum Gasteiger partial charge on any atom is 0.407 e. The number of carbonyl (C=O) groups excluding carboxylic acids is 1. The zero-order chi connectivity index (χ0) is 17.3. The Bertz CT molecular complexity index is 333. The lowest BCUT2D eigenvalue weighted by Crippen LogP contribution is -2.46. The summed E-state index contributed by atoms with van der Waals surface area (Å²) in [6.45, 7) is 9.96. The summed E-state index contributed by atoms with van der Waals surface area (Å²) in [5, 5.41) is 3.13. The van der Waals surface area contributed by atoms with Crippen molar-refractivity contribution in [2.75, 3.05) is 20.1 Å². The van der Waals surface area contributed by atoms with Gasteiger partial charge >= 0.3 is 6.09 Å². The minimum atomic E-state index is -0.437. The zero-order valence-corrected chi connectivity index (χ0v) is 16.0. The molecule has 23 heavy (non-hydrogen) atoms. The zero-order valence-electron chi connectivity index (χ0n) is 16.0. The van der Waals surface area contributed by atoms with Crippen molar-refractivity contribution in [2.45, 2.75) is 90.7 Å². The first-order valence-electron chi connectivity index (χ1n) is 9.48. The van der Waals surface area contributed by atoms with Crippen molar-refractivity contribution < 1.29 is 9.53 Å². The van der Waals surface area contributed by atoms with E-state index in [1.54, 1.807) is 0 Å². The van der Waals surface area contributed by atoms with Crippen LogP contribution in [0.4, 0.5) is 4.79 Å². The Balaban J connectivity index is 2.53. The van der Waals surface area contributed by atoms with Gasteiger partial charge in [0.1, 0.15) is 5.60 Å². The first kappa shape index (κ1) is 20.3. The minimum Gasteiger partial charge on any atom is -0.444 e. The molecule has 136 valence electrons. The maximum absolute atomic E-state index is 12.2.